The SMILES string of the molecule is [O]=[Sn]([CH2]CCCCC=CCCl)[CH2]CCCCC=CCCl. The zero-order chi connectivity index (χ0) is 14.9. The zero-order valence-corrected chi connectivity index (χ0v) is 16.8. The first kappa shape index (κ1) is 20.7. The Bertz CT molecular complexity index is 252. The Balaban J connectivity index is 3.24. The average molecular weight is 426 g/mol. The number of unbranched alkanes of at least 4 members (excludes halogenated alkanes) is 6. The molecule has 0 fully saturated rings. The standard InChI is InChI=1S/2C8H14Cl.O.Sn/c2*1-2-3-4-5-6-7-8-9;;/h2*6-7H,1-5,8H2;;. The molecule has 0 unspecified atom stereocenters. The normalized spacial score (nSPS) is 11.7. The third-order valence-electron chi connectivity index (χ3n) is 3.16. The Labute approximate surface area is 141 Å². The second-order valence-corrected chi connectivity index (χ2v) is 11.5. The van der Waals surface area contributed by atoms with Gasteiger partial charge < -0.3 is 0 Å². The van der Waals surface area contributed by atoms with Crippen LogP contribution >= 0.6 is 23.2 Å². The monoisotopic (exact) mass is 426 g/mol. The van der Waals surface area contributed by atoms with E-state index in [1.54, 1.807) is 0 Å². The predicted molar refractivity (Wildman–Crippen MR) is 92.7 cm³/mol. The molecule has 0 aromatic carbocycles. The van der Waals surface area contributed by atoms with Gasteiger partial charge in [0, 0.05) is 0 Å². The van der Waals surface area contributed by atoms with Crippen molar-refractivity contribution in [2.75, 3.05) is 11.8 Å². The van der Waals surface area contributed by atoms with E-state index in [9.17, 15) is 3.08 Å². The molecule has 116 valence electrons. The van der Waals surface area contributed by atoms with E-state index in [0.717, 1.165) is 34.6 Å². The van der Waals surface area contributed by atoms with Crippen LogP contribution in [0, 0.1) is 0 Å². The van der Waals surface area contributed by atoms with Crippen LogP contribution in [0.5, 0.6) is 0 Å². The van der Waals surface area contributed by atoms with Crippen molar-refractivity contribution in [2.24, 2.45) is 0 Å². The Morgan fingerprint density at radius 3 is 1.50 bits per heavy atom. The molecule has 0 aromatic heterocycles. The molecule has 0 spiro atoms. The molecule has 0 heterocycles. The summed E-state index contributed by atoms with van der Waals surface area (Å²) in [5.41, 5.74) is 0. The van der Waals surface area contributed by atoms with Crippen molar-refractivity contribution in [1.82, 2.24) is 0 Å². The van der Waals surface area contributed by atoms with Crippen LogP contribution in [0.4, 0.5) is 0 Å². The topological polar surface area (TPSA) is 17.1 Å². The summed E-state index contributed by atoms with van der Waals surface area (Å²) in [6.45, 7) is 0. The first-order valence-electron chi connectivity index (χ1n) is 7.75. The molecule has 1 nitrogen and oxygen atoms in total. The van der Waals surface area contributed by atoms with Crippen molar-refractivity contribution in [2.45, 2.75) is 60.2 Å². The molecule has 0 aliphatic heterocycles. The van der Waals surface area contributed by atoms with Crippen LogP contribution in [0.25, 0.3) is 0 Å². The van der Waals surface area contributed by atoms with E-state index in [4.69, 9.17) is 23.2 Å². The Morgan fingerprint density at radius 2 is 1.10 bits per heavy atom. The summed E-state index contributed by atoms with van der Waals surface area (Å²) >= 11 is 8.90. The zero-order valence-electron chi connectivity index (χ0n) is 12.5. The molecule has 0 atom stereocenters. The predicted octanol–water partition coefficient (Wildman–Crippen LogP) is 6.12. The summed E-state index contributed by atoms with van der Waals surface area (Å²) < 4.78 is 14.0. The third kappa shape index (κ3) is 16.7. The summed E-state index contributed by atoms with van der Waals surface area (Å²) in [6.07, 6.45) is 17.7. The first-order chi connectivity index (χ1) is 9.81. The van der Waals surface area contributed by atoms with E-state index in [1.807, 2.05) is 12.2 Å². The maximum atomic E-state index is 11.9. The van der Waals surface area contributed by atoms with Gasteiger partial charge in [-0.25, -0.2) is 0 Å². The second-order valence-electron chi connectivity index (χ2n) is 4.99. The van der Waals surface area contributed by atoms with Gasteiger partial charge in [-0.1, -0.05) is 0 Å². The van der Waals surface area contributed by atoms with Crippen LogP contribution in [0.2, 0.25) is 8.87 Å². The maximum absolute atomic E-state index is 11.9. The number of halogens is 2. The second kappa shape index (κ2) is 17.7. The van der Waals surface area contributed by atoms with E-state index in [-0.39, 0.29) is 0 Å². The fraction of sp³-hybridized carbons (Fsp3) is 0.750. The minimum absolute atomic E-state index is 0.611. The summed E-state index contributed by atoms with van der Waals surface area (Å²) in [7, 11) is 0. The molecule has 0 N–H and O–H groups in total. The molecular formula is C16H28Cl2OSn. The van der Waals surface area contributed by atoms with Crippen molar-refractivity contribution < 1.29 is 3.08 Å². The number of allylic oxidation sites excluding steroid dienone is 4. The van der Waals surface area contributed by atoms with E-state index in [1.165, 1.54) is 25.7 Å². The number of hydrogen-bond donors (Lipinski definition) is 0. The summed E-state index contributed by atoms with van der Waals surface area (Å²) in [4.78, 5) is 0. The van der Waals surface area contributed by atoms with Crippen molar-refractivity contribution in [3.63, 3.8) is 0 Å². The van der Waals surface area contributed by atoms with Gasteiger partial charge >= 0.3 is 142 Å². The number of alkyl halides is 2. The molecule has 0 saturated heterocycles. The molecule has 0 bridgehead atoms. The molecule has 0 amide bonds. The van der Waals surface area contributed by atoms with Gasteiger partial charge in [-0.05, 0) is 0 Å². The molecule has 0 rings (SSSR count). The third-order valence-corrected chi connectivity index (χ3v) is 8.72. The summed E-state index contributed by atoms with van der Waals surface area (Å²) in [5.74, 6) is 1.22. The van der Waals surface area contributed by atoms with E-state index < -0.39 is 19.7 Å². The number of rotatable bonds is 14. The molecule has 0 aromatic rings. The Hall–Kier alpha value is 0.659. The van der Waals surface area contributed by atoms with Crippen LogP contribution < -0.4 is 0 Å². The number of hydrogen-bond acceptors (Lipinski definition) is 1. The molecule has 0 saturated carbocycles. The van der Waals surface area contributed by atoms with Gasteiger partial charge in [0.15, 0.2) is 0 Å². The van der Waals surface area contributed by atoms with Crippen molar-refractivity contribution in [1.29, 1.82) is 0 Å². The average Bonchev–Trinajstić information content (AvgIpc) is 2.45. The van der Waals surface area contributed by atoms with Crippen LogP contribution in [0.3, 0.4) is 0 Å². The fourth-order valence-electron chi connectivity index (χ4n) is 2.01. The van der Waals surface area contributed by atoms with Gasteiger partial charge in [0.05, 0.1) is 0 Å². The van der Waals surface area contributed by atoms with Gasteiger partial charge in [0.25, 0.3) is 0 Å². The van der Waals surface area contributed by atoms with Crippen LogP contribution in [0.1, 0.15) is 51.4 Å². The molecule has 0 aliphatic carbocycles. The van der Waals surface area contributed by atoms with Crippen LogP contribution in [0.15, 0.2) is 24.3 Å². The Morgan fingerprint density at radius 1 is 0.650 bits per heavy atom. The molecule has 4 heteroatoms. The van der Waals surface area contributed by atoms with Crippen molar-refractivity contribution >= 4 is 42.9 Å². The van der Waals surface area contributed by atoms with Crippen molar-refractivity contribution in [3.05, 3.63) is 24.3 Å². The van der Waals surface area contributed by atoms with E-state index >= 15 is 0 Å². The van der Waals surface area contributed by atoms with E-state index in [2.05, 4.69) is 12.2 Å². The van der Waals surface area contributed by atoms with Gasteiger partial charge in [-0.2, -0.15) is 0 Å². The van der Waals surface area contributed by atoms with Gasteiger partial charge in [-0.3, -0.25) is 0 Å². The Kier molecular flexibility index (Phi) is 18.3. The van der Waals surface area contributed by atoms with Crippen LogP contribution in [-0.2, 0) is 3.08 Å². The van der Waals surface area contributed by atoms with Gasteiger partial charge in [0.1, 0.15) is 0 Å². The fourth-order valence-corrected chi connectivity index (χ4v) is 6.65. The molecular weight excluding hydrogens is 398 g/mol. The molecule has 0 radical (unpaired) electrons. The quantitative estimate of drug-likeness (QED) is 0.142. The van der Waals surface area contributed by atoms with Gasteiger partial charge in [0.2, 0.25) is 0 Å². The van der Waals surface area contributed by atoms with Crippen LogP contribution in [-0.4, -0.2) is 31.5 Å². The minimum atomic E-state index is -2.20. The summed E-state index contributed by atoms with van der Waals surface area (Å²) in [5, 5.41) is 0. The first-order valence-corrected chi connectivity index (χ1v) is 14.0. The molecule has 20 heavy (non-hydrogen) atoms. The van der Waals surface area contributed by atoms with Gasteiger partial charge in [-0.15, -0.1) is 0 Å². The van der Waals surface area contributed by atoms with Crippen molar-refractivity contribution in [3.8, 4) is 0 Å². The summed E-state index contributed by atoms with van der Waals surface area (Å²) in [6, 6.07) is 0. The van der Waals surface area contributed by atoms with E-state index in [0.29, 0.717) is 11.8 Å². The molecule has 0 aliphatic rings.